The molecule has 4 rings (SSSR count). The summed E-state index contributed by atoms with van der Waals surface area (Å²) in [6.45, 7) is 0.964. The summed E-state index contributed by atoms with van der Waals surface area (Å²) in [5.41, 5.74) is 1.51. The Labute approximate surface area is 185 Å². The van der Waals surface area contributed by atoms with Crippen molar-refractivity contribution in [3.8, 4) is 0 Å². The average molecular weight is 466 g/mol. The quantitative estimate of drug-likeness (QED) is 0.476. The maximum absolute atomic E-state index is 12.4. The van der Waals surface area contributed by atoms with Crippen molar-refractivity contribution >= 4 is 34.6 Å². The van der Waals surface area contributed by atoms with Crippen LogP contribution in [0.25, 0.3) is 11.0 Å². The van der Waals surface area contributed by atoms with Crippen LogP contribution in [-0.2, 0) is 16.1 Å². The van der Waals surface area contributed by atoms with Crippen LogP contribution in [-0.4, -0.2) is 73.3 Å². The highest BCUT2D eigenvalue weighted by atomic mass is 19.4. The number of anilines is 3. The molecular formula is C19H21F3N8O3. The standard InChI is InChI=1S/C19H21F3N8O3/c1-11-14-15(30(28-11)6-7-33-9-19(20,21)22)16(25-13-2-4-23-10-24-13)27-18(26-14)29-5-3-12(8-29)17(31)32/h2,4,10,12H,3,5-9H2,1H3,(H,31,32)(H,23,24,25,26,27)/t12-/m0/s1. The number of hydrogen-bond donors (Lipinski definition) is 2. The second kappa shape index (κ2) is 9.13. The van der Waals surface area contributed by atoms with Crippen molar-refractivity contribution in [2.75, 3.05) is 36.5 Å². The Kier molecular flexibility index (Phi) is 6.26. The molecule has 1 atom stereocenters. The fourth-order valence-electron chi connectivity index (χ4n) is 3.58. The molecule has 0 spiro atoms. The molecule has 33 heavy (non-hydrogen) atoms. The molecule has 3 aromatic heterocycles. The van der Waals surface area contributed by atoms with E-state index in [1.54, 1.807) is 24.1 Å². The van der Waals surface area contributed by atoms with Gasteiger partial charge in [-0.05, 0) is 19.4 Å². The number of ether oxygens (including phenoxy) is 1. The molecule has 4 heterocycles. The fourth-order valence-corrected chi connectivity index (χ4v) is 3.58. The zero-order chi connectivity index (χ0) is 23.6. The lowest BCUT2D eigenvalue weighted by Gasteiger charge is -2.18. The lowest BCUT2D eigenvalue weighted by molar-refractivity contribution is -0.174. The Balaban J connectivity index is 1.68. The highest BCUT2D eigenvalue weighted by Crippen LogP contribution is 2.30. The minimum absolute atomic E-state index is 0.0480. The molecule has 0 aliphatic carbocycles. The molecule has 1 saturated heterocycles. The highest BCUT2D eigenvalue weighted by Gasteiger charge is 2.31. The molecule has 0 unspecified atom stereocenters. The van der Waals surface area contributed by atoms with Crippen LogP contribution in [0.2, 0.25) is 0 Å². The van der Waals surface area contributed by atoms with Gasteiger partial charge in [0, 0.05) is 19.3 Å². The lowest BCUT2D eigenvalue weighted by atomic mass is 10.1. The second-order valence-corrected chi connectivity index (χ2v) is 7.54. The van der Waals surface area contributed by atoms with Gasteiger partial charge in [0.05, 0.1) is 24.8 Å². The first-order valence-electron chi connectivity index (χ1n) is 10.1. The monoisotopic (exact) mass is 466 g/mol. The Bertz CT molecular complexity index is 1140. The van der Waals surface area contributed by atoms with E-state index in [9.17, 15) is 23.1 Å². The Morgan fingerprint density at radius 3 is 2.85 bits per heavy atom. The number of aliphatic carboxylic acids is 1. The van der Waals surface area contributed by atoms with Crippen molar-refractivity contribution in [2.24, 2.45) is 5.92 Å². The first kappa shape index (κ1) is 22.6. The summed E-state index contributed by atoms with van der Waals surface area (Å²) in [6.07, 6.45) is -1.04. The van der Waals surface area contributed by atoms with Crippen LogP contribution in [0.15, 0.2) is 18.6 Å². The predicted molar refractivity (Wildman–Crippen MR) is 110 cm³/mol. The number of hydrogen-bond acceptors (Lipinski definition) is 9. The molecule has 2 N–H and O–H groups in total. The second-order valence-electron chi connectivity index (χ2n) is 7.54. The molecule has 176 valence electrons. The summed E-state index contributed by atoms with van der Waals surface area (Å²) in [5, 5.41) is 16.8. The van der Waals surface area contributed by atoms with Crippen molar-refractivity contribution in [3.05, 3.63) is 24.3 Å². The highest BCUT2D eigenvalue weighted by molar-refractivity contribution is 5.90. The van der Waals surface area contributed by atoms with Crippen LogP contribution in [0.4, 0.5) is 30.8 Å². The van der Waals surface area contributed by atoms with Crippen molar-refractivity contribution in [3.63, 3.8) is 0 Å². The van der Waals surface area contributed by atoms with E-state index in [0.717, 1.165) is 0 Å². The summed E-state index contributed by atoms with van der Waals surface area (Å²) in [6, 6.07) is 1.63. The smallest absolute Gasteiger partial charge is 0.411 e. The Morgan fingerprint density at radius 1 is 1.36 bits per heavy atom. The molecule has 0 bridgehead atoms. The van der Waals surface area contributed by atoms with Gasteiger partial charge in [-0.3, -0.25) is 9.48 Å². The number of aromatic nitrogens is 6. The van der Waals surface area contributed by atoms with Gasteiger partial charge >= 0.3 is 12.1 Å². The van der Waals surface area contributed by atoms with Crippen LogP contribution < -0.4 is 10.2 Å². The van der Waals surface area contributed by atoms with E-state index in [2.05, 4.69) is 30.4 Å². The van der Waals surface area contributed by atoms with Crippen LogP contribution >= 0.6 is 0 Å². The average Bonchev–Trinajstić information content (AvgIpc) is 3.37. The van der Waals surface area contributed by atoms with Gasteiger partial charge in [0.25, 0.3) is 0 Å². The molecule has 1 fully saturated rings. The molecule has 1 aliphatic rings. The van der Waals surface area contributed by atoms with E-state index in [1.807, 2.05) is 0 Å². The van der Waals surface area contributed by atoms with Crippen molar-refractivity contribution in [2.45, 2.75) is 26.1 Å². The number of carbonyl (C=O) groups is 1. The SMILES string of the molecule is Cc1nn(CCOCC(F)(F)F)c2c(Nc3ccncn3)nc(N3CC[C@H](C(=O)O)C3)nc12. The van der Waals surface area contributed by atoms with Crippen LogP contribution in [0.5, 0.6) is 0 Å². The van der Waals surface area contributed by atoms with Gasteiger partial charge in [0.15, 0.2) is 5.82 Å². The van der Waals surface area contributed by atoms with Crippen LogP contribution in [0.1, 0.15) is 12.1 Å². The van der Waals surface area contributed by atoms with Gasteiger partial charge in [-0.15, -0.1) is 0 Å². The van der Waals surface area contributed by atoms with E-state index >= 15 is 0 Å². The van der Waals surface area contributed by atoms with Gasteiger partial charge in [-0.25, -0.2) is 15.0 Å². The molecule has 14 heteroatoms. The summed E-state index contributed by atoms with van der Waals surface area (Å²) in [5.74, 6) is -0.278. The zero-order valence-corrected chi connectivity index (χ0v) is 17.6. The molecule has 0 amide bonds. The summed E-state index contributed by atoms with van der Waals surface area (Å²) >= 11 is 0. The third-order valence-corrected chi connectivity index (χ3v) is 5.11. The first-order chi connectivity index (χ1) is 15.7. The summed E-state index contributed by atoms with van der Waals surface area (Å²) in [7, 11) is 0. The molecule has 0 radical (unpaired) electrons. The third-order valence-electron chi connectivity index (χ3n) is 5.11. The molecular weight excluding hydrogens is 445 g/mol. The first-order valence-corrected chi connectivity index (χ1v) is 10.1. The number of nitrogens with zero attached hydrogens (tertiary/aromatic N) is 7. The predicted octanol–water partition coefficient (Wildman–Crippen LogP) is 2.16. The third kappa shape index (κ3) is 5.27. The van der Waals surface area contributed by atoms with Gasteiger partial charge in [-0.2, -0.15) is 23.3 Å². The van der Waals surface area contributed by atoms with E-state index in [0.29, 0.717) is 47.3 Å². The van der Waals surface area contributed by atoms with Crippen molar-refractivity contribution in [1.82, 2.24) is 29.7 Å². The normalized spacial score (nSPS) is 16.5. The number of alkyl halides is 3. The zero-order valence-electron chi connectivity index (χ0n) is 17.6. The van der Waals surface area contributed by atoms with E-state index in [4.69, 9.17) is 4.74 Å². The maximum Gasteiger partial charge on any atom is 0.411 e. The number of fused-ring (bicyclic) bond motifs is 1. The molecule has 1 aliphatic heterocycles. The van der Waals surface area contributed by atoms with Crippen molar-refractivity contribution < 1.29 is 27.8 Å². The number of aryl methyl sites for hydroxylation is 1. The number of nitrogens with one attached hydrogen (secondary N) is 1. The van der Waals surface area contributed by atoms with Gasteiger partial charge in [0.2, 0.25) is 5.95 Å². The molecule has 11 nitrogen and oxygen atoms in total. The molecule has 3 aromatic rings. The molecule has 0 saturated carbocycles. The largest absolute Gasteiger partial charge is 0.481 e. The van der Waals surface area contributed by atoms with E-state index < -0.39 is 24.7 Å². The van der Waals surface area contributed by atoms with Gasteiger partial charge < -0.3 is 20.1 Å². The minimum atomic E-state index is -4.41. The number of rotatable bonds is 8. The van der Waals surface area contributed by atoms with Crippen LogP contribution in [0, 0.1) is 12.8 Å². The fraction of sp³-hybridized carbons (Fsp3) is 0.474. The van der Waals surface area contributed by atoms with Gasteiger partial charge in [0.1, 0.15) is 29.8 Å². The maximum atomic E-state index is 12.4. The number of halogens is 3. The Morgan fingerprint density at radius 2 is 2.18 bits per heavy atom. The van der Waals surface area contributed by atoms with Gasteiger partial charge in [-0.1, -0.05) is 0 Å². The lowest BCUT2D eigenvalue weighted by Crippen LogP contribution is -2.25. The van der Waals surface area contributed by atoms with Crippen LogP contribution in [0.3, 0.4) is 0 Å². The molecule has 0 aromatic carbocycles. The van der Waals surface area contributed by atoms with E-state index in [-0.39, 0.29) is 19.7 Å². The Hall–Kier alpha value is -3.55. The number of carboxylic acids is 1. The van der Waals surface area contributed by atoms with Crippen molar-refractivity contribution in [1.29, 1.82) is 0 Å². The summed E-state index contributed by atoms with van der Waals surface area (Å²) < 4.78 is 43.4. The van der Waals surface area contributed by atoms with E-state index in [1.165, 1.54) is 11.0 Å². The topological polar surface area (TPSA) is 131 Å². The number of carboxylic acid groups (broad SMARTS) is 1. The summed E-state index contributed by atoms with van der Waals surface area (Å²) in [4.78, 5) is 30.3. The minimum Gasteiger partial charge on any atom is -0.481 e.